The van der Waals surface area contributed by atoms with Crippen LogP contribution in [0.4, 0.5) is 10.1 Å². The minimum atomic E-state index is -0.275. The van der Waals surface area contributed by atoms with Crippen LogP contribution in [0.1, 0.15) is 11.1 Å². The van der Waals surface area contributed by atoms with Gasteiger partial charge < -0.3 is 14.8 Å². The molecular formula is C16H18FNO2. The first-order valence-electron chi connectivity index (χ1n) is 6.35. The summed E-state index contributed by atoms with van der Waals surface area (Å²) in [5, 5.41) is 3.22. The molecule has 0 bridgehead atoms. The lowest BCUT2D eigenvalue weighted by molar-refractivity contribution is 0.410. The molecule has 0 atom stereocenters. The van der Waals surface area contributed by atoms with Crippen molar-refractivity contribution in [2.45, 2.75) is 13.5 Å². The molecule has 0 aromatic heterocycles. The molecule has 0 radical (unpaired) electrons. The second-order valence-corrected chi connectivity index (χ2v) is 4.49. The lowest BCUT2D eigenvalue weighted by Crippen LogP contribution is -2.03. The van der Waals surface area contributed by atoms with Gasteiger partial charge in [-0.1, -0.05) is 6.07 Å². The number of rotatable bonds is 5. The van der Waals surface area contributed by atoms with Gasteiger partial charge in [-0.2, -0.15) is 0 Å². The molecule has 2 aromatic carbocycles. The van der Waals surface area contributed by atoms with Gasteiger partial charge in [-0.15, -0.1) is 0 Å². The number of methoxy groups -OCH3 is 2. The summed E-state index contributed by atoms with van der Waals surface area (Å²) in [4.78, 5) is 0. The summed E-state index contributed by atoms with van der Waals surface area (Å²) in [5.74, 6) is 1.05. The molecular weight excluding hydrogens is 257 g/mol. The first-order chi connectivity index (χ1) is 9.63. The number of anilines is 1. The Balaban J connectivity index is 2.09. The largest absolute Gasteiger partial charge is 0.497 e. The molecule has 0 aliphatic carbocycles. The van der Waals surface area contributed by atoms with E-state index in [4.69, 9.17) is 9.47 Å². The van der Waals surface area contributed by atoms with Gasteiger partial charge in [0.1, 0.15) is 17.3 Å². The molecule has 1 N–H and O–H groups in total. The van der Waals surface area contributed by atoms with Crippen LogP contribution in [0.5, 0.6) is 11.5 Å². The van der Waals surface area contributed by atoms with E-state index in [1.165, 1.54) is 13.2 Å². The predicted molar refractivity (Wildman–Crippen MR) is 78.0 cm³/mol. The fraction of sp³-hybridized carbons (Fsp3) is 0.250. The highest BCUT2D eigenvalue weighted by Crippen LogP contribution is 2.22. The SMILES string of the molecule is COc1ccc(NCc2ccc(OC)cc2F)c(C)c1. The van der Waals surface area contributed by atoms with Crippen LogP contribution in [-0.4, -0.2) is 14.2 Å². The van der Waals surface area contributed by atoms with Gasteiger partial charge in [0.25, 0.3) is 0 Å². The quantitative estimate of drug-likeness (QED) is 0.901. The summed E-state index contributed by atoms with van der Waals surface area (Å²) in [6.07, 6.45) is 0. The smallest absolute Gasteiger partial charge is 0.131 e. The van der Waals surface area contributed by atoms with Crippen molar-refractivity contribution in [1.82, 2.24) is 0 Å². The molecule has 0 heterocycles. The molecule has 106 valence electrons. The minimum absolute atomic E-state index is 0.275. The number of nitrogens with one attached hydrogen (secondary N) is 1. The van der Waals surface area contributed by atoms with Crippen LogP contribution in [0.15, 0.2) is 36.4 Å². The van der Waals surface area contributed by atoms with E-state index in [9.17, 15) is 4.39 Å². The highest BCUT2D eigenvalue weighted by atomic mass is 19.1. The molecule has 0 amide bonds. The van der Waals surface area contributed by atoms with Gasteiger partial charge in [0, 0.05) is 23.9 Å². The highest BCUT2D eigenvalue weighted by molar-refractivity contribution is 5.54. The molecule has 0 saturated carbocycles. The maximum Gasteiger partial charge on any atom is 0.131 e. The van der Waals surface area contributed by atoms with Crippen LogP contribution >= 0.6 is 0 Å². The molecule has 20 heavy (non-hydrogen) atoms. The number of ether oxygens (including phenoxy) is 2. The number of aryl methyl sites for hydroxylation is 1. The molecule has 2 aromatic rings. The summed E-state index contributed by atoms with van der Waals surface area (Å²) in [7, 11) is 3.15. The second kappa shape index (κ2) is 6.28. The van der Waals surface area contributed by atoms with Gasteiger partial charge in [0.05, 0.1) is 14.2 Å². The van der Waals surface area contributed by atoms with E-state index in [0.29, 0.717) is 17.9 Å². The van der Waals surface area contributed by atoms with Gasteiger partial charge in [-0.3, -0.25) is 0 Å². The van der Waals surface area contributed by atoms with Crippen molar-refractivity contribution in [2.75, 3.05) is 19.5 Å². The third-order valence-corrected chi connectivity index (χ3v) is 3.16. The van der Waals surface area contributed by atoms with E-state index in [1.807, 2.05) is 25.1 Å². The van der Waals surface area contributed by atoms with Crippen molar-refractivity contribution in [1.29, 1.82) is 0 Å². The normalized spacial score (nSPS) is 10.2. The Bertz CT molecular complexity index is 546. The molecule has 0 spiro atoms. The Kier molecular flexibility index (Phi) is 4.45. The Morgan fingerprint density at radius 3 is 2.25 bits per heavy atom. The molecule has 2 rings (SSSR count). The van der Waals surface area contributed by atoms with E-state index < -0.39 is 0 Å². The monoisotopic (exact) mass is 275 g/mol. The Morgan fingerprint density at radius 2 is 1.65 bits per heavy atom. The van der Waals surface area contributed by atoms with Gasteiger partial charge in [0.15, 0.2) is 0 Å². The van der Waals surface area contributed by atoms with Crippen LogP contribution in [0, 0.1) is 12.7 Å². The molecule has 4 heteroatoms. The fourth-order valence-electron chi connectivity index (χ4n) is 1.95. The lowest BCUT2D eigenvalue weighted by Gasteiger charge is -2.12. The van der Waals surface area contributed by atoms with Gasteiger partial charge >= 0.3 is 0 Å². The van der Waals surface area contributed by atoms with Crippen molar-refractivity contribution in [3.05, 3.63) is 53.3 Å². The van der Waals surface area contributed by atoms with Gasteiger partial charge in [0.2, 0.25) is 0 Å². The summed E-state index contributed by atoms with van der Waals surface area (Å²) < 4.78 is 24.0. The molecule has 3 nitrogen and oxygen atoms in total. The van der Waals surface area contributed by atoms with Gasteiger partial charge in [-0.25, -0.2) is 4.39 Å². The maximum absolute atomic E-state index is 13.8. The average Bonchev–Trinajstić information content (AvgIpc) is 2.46. The summed E-state index contributed by atoms with van der Waals surface area (Å²) >= 11 is 0. The highest BCUT2D eigenvalue weighted by Gasteiger charge is 2.05. The van der Waals surface area contributed by atoms with Crippen LogP contribution in [-0.2, 0) is 6.54 Å². The zero-order chi connectivity index (χ0) is 14.5. The minimum Gasteiger partial charge on any atom is -0.497 e. The van der Waals surface area contributed by atoms with Crippen molar-refractivity contribution in [2.24, 2.45) is 0 Å². The average molecular weight is 275 g/mol. The number of hydrogen-bond acceptors (Lipinski definition) is 3. The fourth-order valence-corrected chi connectivity index (χ4v) is 1.95. The topological polar surface area (TPSA) is 30.5 Å². The lowest BCUT2D eigenvalue weighted by atomic mass is 10.1. The first kappa shape index (κ1) is 14.2. The van der Waals surface area contributed by atoms with E-state index in [0.717, 1.165) is 17.0 Å². The number of hydrogen-bond donors (Lipinski definition) is 1. The van der Waals surface area contributed by atoms with Crippen molar-refractivity contribution in [3.8, 4) is 11.5 Å². The molecule has 0 unspecified atom stereocenters. The third-order valence-electron chi connectivity index (χ3n) is 3.16. The van der Waals surface area contributed by atoms with E-state index in [1.54, 1.807) is 19.2 Å². The maximum atomic E-state index is 13.8. The van der Waals surface area contributed by atoms with Crippen LogP contribution in [0.2, 0.25) is 0 Å². The molecule has 0 saturated heterocycles. The molecule has 0 fully saturated rings. The van der Waals surface area contributed by atoms with E-state index in [-0.39, 0.29) is 5.82 Å². The number of halogens is 1. The Morgan fingerprint density at radius 1 is 1.00 bits per heavy atom. The Labute approximate surface area is 118 Å². The standard InChI is InChI=1S/C16H18FNO2/c1-11-8-13(19-2)6-7-16(11)18-10-12-4-5-14(20-3)9-15(12)17/h4-9,18H,10H2,1-3H3. The van der Waals surface area contributed by atoms with Crippen LogP contribution < -0.4 is 14.8 Å². The molecule has 0 aliphatic rings. The Hall–Kier alpha value is -2.23. The first-order valence-corrected chi connectivity index (χ1v) is 6.35. The van der Waals surface area contributed by atoms with Crippen molar-refractivity contribution in [3.63, 3.8) is 0 Å². The van der Waals surface area contributed by atoms with E-state index >= 15 is 0 Å². The van der Waals surface area contributed by atoms with Crippen molar-refractivity contribution >= 4 is 5.69 Å². The van der Waals surface area contributed by atoms with E-state index in [2.05, 4.69) is 5.32 Å². The molecule has 0 aliphatic heterocycles. The summed E-state index contributed by atoms with van der Waals surface area (Å²) in [5.41, 5.74) is 2.61. The van der Waals surface area contributed by atoms with Crippen LogP contribution in [0.25, 0.3) is 0 Å². The number of benzene rings is 2. The third kappa shape index (κ3) is 3.20. The predicted octanol–water partition coefficient (Wildman–Crippen LogP) is 3.76. The zero-order valence-corrected chi connectivity index (χ0v) is 11.9. The second-order valence-electron chi connectivity index (χ2n) is 4.49. The van der Waals surface area contributed by atoms with Gasteiger partial charge in [-0.05, 0) is 36.8 Å². The summed E-state index contributed by atoms with van der Waals surface area (Å²) in [6.45, 7) is 2.40. The van der Waals surface area contributed by atoms with Crippen LogP contribution in [0.3, 0.4) is 0 Å². The summed E-state index contributed by atoms with van der Waals surface area (Å²) in [6, 6.07) is 10.6. The van der Waals surface area contributed by atoms with Crippen molar-refractivity contribution < 1.29 is 13.9 Å². The zero-order valence-electron chi connectivity index (χ0n) is 11.9.